The normalized spacial score (nSPS) is 14.3. The Kier molecular flexibility index (Phi) is 5.21. The van der Waals surface area contributed by atoms with Crippen LogP contribution in [0.2, 0.25) is 0 Å². The number of aromatic nitrogens is 2. The number of nitrogens with zero attached hydrogens (tertiary/aromatic N) is 2. The van der Waals surface area contributed by atoms with Crippen molar-refractivity contribution in [2.45, 2.75) is 25.5 Å². The van der Waals surface area contributed by atoms with E-state index in [2.05, 4.69) is 14.9 Å². The molecule has 2 aromatic rings. The second-order valence-corrected chi connectivity index (χ2v) is 8.10. The Morgan fingerprint density at radius 2 is 2.17 bits per heavy atom. The molecule has 128 valence electrons. The van der Waals surface area contributed by atoms with E-state index in [9.17, 15) is 9.59 Å². The number of fused-ring (bicyclic) bond motifs is 1. The van der Waals surface area contributed by atoms with Gasteiger partial charge >= 0.3 is 5.97 Å². The summed E-state index contributed by atoms with van der Waals surface area (Å²) < 4.78 is 5.60. The van der Waals surface area contributed by atoms with Crippen LogP contribution < -0.4 is 5.56 Å². The van der Waals surface area contributed by atoms with Crippen molar-refractivity contribution < 1.29 is 9.53 Å². The maximum Gasteiger partial charge on any atom is 0.348 e. The number of aryl methyl sites for hydroxylation is 1. The van der Waals surface area contributed by atoms with Crippen LogP contribution in [0.25, 0.3) is 10.2 Å². The summed E-state index contributed by atoms with van der Waals surface area (Å²) in [7, 11) is 1.32. The van der Waals surface area contributed by atoms with Gasteiger partial charge in [0.2, 0.25) is 0 Å². The number of H-pyrrole nitrogens is 1. The van der Waals surface area contributed by atoms with Gasteiger partial charge in [-0.2, -0.15) is 0 Å². The lowest BCUT2D eigenvalue weighted by Crippen LogP contribution is -2.23. The summed E-state index contributed by atoms with van der Waals surface area (Å²) >= 11 is 8.12. The van der Waals surface area contributed by atoms with Crippen molar-refractivity contribution in [2.75, 3.05) is 20.2 Å². The SMILES string of the molecule is COC(=O)c1sc2nc(CSC(=S)N3CCCC3)[nH]c(=O)c2c1C. The van der Waals surface area contributed by atoms with Gasteiger partial charge in [-0.3, -0.25) is 4.79 Å². The van der Waals surface area contributed by atoms with Crippen LogP contribution >= 0.6 is 35.3 Å². The van der Waals surface area contributed by atoms with E-state index in [4.69, 9.17) is 17.0 Å². The first-order valence-electron chi connectivity index (χ1n) is 7.53. The molecule has 0 aliphatic carbocycles. The lowest BCUT2D eigenvalue weighted by atomic mass is 10.2. The Bertz CT molecular complexity index is 853. The molecule has 0 unspecified atom stereocenters. The quantitative estimate of drug-likeness (QED) is 0.645. The topological polar surface area (TPSA) is 75.3 Å². The van der Waals surface area contributed by atoms with Gasteiger partial charge in [-0.1, -0.05) is 24.0 Å². The first-order valence-corrected chi connectivity index (χ1v) is 9.74. The van der Waals surface area contributed by atoms with Crippen LogP contribution in [-0.2, 0) is 10.5 Å². The van der Waals surface area contributed by atoms with E-state index >= 15 is 0 Å². The van der Waals surface area contributed by atoms with Crippen molar-refractivity contribution in [3.63, 3.8) is 0 Å². The zero-order chi connectivity index (χ0) is 17.3. The molecule has 9 heteroatoms. The van der Waals surface area contributed by atoms with Crippen LogP contribution in [0, 0.1) is 6.92 Å². The van der Waals surface area contributed by atoms with Gasteiger partial charge in [0, 0.05) is 13.1 Å². The molecule has 0 aromatic carbocycles. The molecule has 0 bridgehead atoms. The largest absolute Gasteiger partial charge is 0.465 e. The average Bonchev–Trinajstić information content (AvgIpc) is 3.20. The molecule has 0 amide bonds. The third-order valence-electron chi connectivity index (χ3n) is 3.92. The highest BCUT2D eigenvalue weighted by Crippen LogP contribution is 2.28. The van der Waals surface area contributed by atoms with Crippen molar-refractivity contribution in [3.8, 4) is 0 Å². The van der Waals surface area contributed by atoms with Crippen LogP contribution in [0.15, 0.2) is 4.79 Å². The van der Waals surface area contributed by atoms with Crippen LogP contribution in [0.1, 0.15) is 33.9 Å². The molecular formula is C15H17N3O3S3. The predicted molar refractivity (Wildman–Crippen MR) is 101 cm³/mol. The third kappa shape index (κ3) is 3.33. The van der Waals surface area contributed by atoms with Crippen molar-refractivity contribution in [2.24, 2.45) is 0 Å². The van der Waals surface area contributed by atoms with Crippen LogP contribution in [0.4, 0.5) is 0 Å². The molecule has 2 aromatic heterocycles. The number of methoxy groups -OCH3 is 1. The van der Waals surface area contributed by atoms with Gasteiger partial charge < -0.3 is 14.6 Å². The summed E-state index contributed by atoms with van der Waals surface area (Å²) in [6.07, 6.45) is 2.35. The number of ether oxygens (including phenoxy) is 1. The monoisotopic (exact) mass is 383 g/mol. The number of aromatic amines is 1. The Morgan fingerprint density at radius 3 is 2.83 bits per heavy atom. The summed E-state index contributed by atoms with van der Waals surface area (Å²) in [6.45, 7) is 3.74. The Morgan fingerprint density at radius 1 is 1.46 bits per heavy atom. The minimum absolute atomic E-state index is 0.230. The molecule has 1 aliphatic heterocycles. The highest BCUT2D eigenvalue weighted by atomic mass is 32.2. The van der Waals surface area contributed by atoms with E-state index in [1.807, 2.05) is 0 Å². The highest BCUT2D eigenvalue weighted by Gasteiger charge is 2.20. The van der Waals surface area contributed by atoms with Crippen LogP contribution in [0.3, 0.4) is 0 Å². The number of hydrogen-bond donors (Lipinski definition) is 1. The first-order chi connectivity index (χ1) is 11.5. The molecule has 6 nitrogen and oxygen atoms in total. The molecule has 0 radical (unpaired) electrons. The summed E-state index contributed by atoms with van der Waals surface area (Å²) in [4.78, 5) is 34.6. The maximum absolute atomic E-state index is 12.4. The van der Waals surface area contributed by atoms with Crippen molar-refractivity contribution >= 4 is 55.8 Å². The van der Waals surface area contributed by atoms with Gasteiger partial charge in [0.25, 0.3) is 5.56 Å². The number of esters is 1. The average molecular weight is 384 g/mol. The molecule has 3 rings (SSSR count). The smallest absolute Gasteiger partial charge is 0.348 e. The maximum atomic E-state index is 12.4. The zero-order valence-corrected chi connectivity index (χ0v) is 15.8. The van der Waals surface area contributed by atoms with E-state index in [1.165, 1.54) is 43.1 Å². The number of rotatable bonds is 3. The van der Waals surface area contributed by atoms with E-state index in [0.717, 1.165) is 17.4 Å². The Hall–Kier alpha value is -1.45. The number of carbonyl (C=O) groups is 1. The molecule has 1 aliphatic rings. The summed E-state index contributed by atoms with van der Waals surface area (Å²) in [5, 5.41) is 0.455. The van der Waals surface area contributed by atoms with Crippen molar-refractivity contribution in [3.05, 3.63) is 26.6 Å². The number of likely N-dealkylation sites (tertiary alicyclic amines) is 1. The lowest BCUT2D eigenvalue weighted by Gasteiger charge is -2.17. The van der Waals surface area contributed by atoms with E-state index in [1.54, 1.807) is 6.92 Å². The minimum Gasteiger partial charge on any atom is -0.465 e. The summed E-state index contributed by atoms with van der Waals surface area (Å²) in [5.41, 5.74) is 0.383. The Balaban J connectivity index is 1.83. The number of carbonyl (C=O) groups excluding carboxylic acids is 1. The molecule has 3 heterocycles. The molecule has 24 heavy (non-hydrogen) atoms. The minimum atomic E-state index is -0.443. The van der Waals surface area contributed by atoms with Gasteiger partial charge in [0.05, 0.1) is 18.2 Å². The van der Waals surface area contributed by atoms with Crippen LogP contribution in [0.5, 0.6) is 0 Å². The highest BCUT2D eigenvalue weighted by molar-refractivity contribution is 8.22. The molecule has 1 fully saturated rings. The fourth-order valence-electron chi connectivity index (χ4n) is 2.67. The fourth-order valence-corrected chi connectivity index (χ4v) is 4.91. The van der Waals surface area contributed by atoms with E-state index < -0.39 is 5.97 Å². The molecule has 0 saturated carbocycles. The number of thiophene rings is 1. The zero-order valence-electron chi connectivity index (χ0n) is 13.4. The van der Waals surface area contributed by atoms with Gasteiger partial charge in [-0.25, -0.2) is 9.78 Å². The number of thiocarbonyl (C=S) groups is 1. The Labute approximate surface area is 152 Å². The molecule has 0 spiro atoms. The van der Waals surface area contributed by atoms with Crippen LogP contribution in [-0.4, -0.2) is 45.4 Å². The van der Waals surface area contributed by atoms with Gasteiger partial charge in [-0.05, 0) is 25.3 Å². The lowest BCUT2D eigenvalue weighted by molar-refractivity contribution is 0.0605. The standard InChI is InChI=1S/C15H17N3O3S3/c1-8-10-12(19)16-9(7-23-15(22)18-5-3-4-6-18)17-13(10)24-11(8)14(20)21-2/h3-7H2,1-2H3,(H,16,17,19). The third-order valence-corrected chi connectivity index (χ3v) is 6.62. The number of nitrogens with one attached hydrogen (secondary N) is 1. The summed E-state index contributed by atoms with van der Waals surface area (Å²) in [5.74, 6) is 0.628. The van der Waals surface area contributed by atoms with Crippen molar-refractivity contribution in [1.29, 1.82) is 0 Å². The number of hydrogen-bond acceptors (Lipinski definition) is 7. The molecule has 1 N–H and O–H groups in total. The first kappa shape index (κ1) is 17.4. The molecule has 0 atom stereocenters. The van der Waals surface area contributed by atoms with E-state index in [0.29, 0.717) is 32.2 Å². The van der Waals surface area contributed by atoms with E-state index in [-0.39, 0.29) is 5.56 Å². The second-order valence-electron chi connectivity index (χ2n) is 5.49. The van der Waals surface area contributed by atoms with Gasteiger partial charge in [0.1, 0.15) is 19.9 Å². The summed E-state index contributed by atoms with van der Waals surface area (Å²) in [6, 6.07) is 0. The second kappa shape index (κ2) is 7.20. The van der Waals surface area contributed by atoms with Gasteiger partial charge in [0.15, 0.2) is 0 Å². The van der Waals surface area contributed by atoms with Gasteiger partial charge in [-0.15, -0.1) is 11.3 Å². The number of thioether (sulfide) groups is 1. The van der Waals surface area contributed by atoms with Crippen molar-refractivity contribution in [1.82, 2.24) is 14.9 Å². The molecule has 1 saturated heterocycles. The predicted octanol–water partition coefficient (Wildman–Crippen LogP) is 2.69. The molecular weight excluding hydrogens is 366 g/mol. The fraction of sp³-hybridized carbons (Fsp3) is 0.467.